The molecule has 1 spiro atoms. The third-order valence-electron chi connectivity index (χ3n) is 7.27. The van der Waals surface area contributed by atoms with Crippen LogP contribution in [0, 0.1) is 11.8 Å². The number of ether oxygens (including phenoxy) is 1. The predicted molar refractivity (Wildman–Crippen MR) is 140 cm³/mol. The summed E-state index contributed by atoms with van der Waals surface area (Å²) in [5.41, 5.74) is -2.08. The first-order chi connectivity index (χ1) is 17.4. The van der Waals surface area contributed by atoms with Crippen molar-refractivity contribution in [2.24, 2.45) is 11.8 Å². The molecule has 2 N–H and O–H groups in total. The Hall–Kier alpha value is -3.30. The zero-order valence-corrected chi connectivity index (χ0v) is 22.3. The lowest BCUT2D eigenvalue weighted by Crippen LogP contribution is -2.58. The second-order valence-corrected chi connectivity index (χ2v) is 12.2. The number of rotatable bonds is 6. The summed E-state index contributed by atoms with van der Waals surface area (Å²) < 4.78 is 6.53. The lowest BCUT2D eigenvalue weighted by molar-refractivity contribution is -0.134. The van der Waals surface area contributed by atoms with Crippen LogP contribution < -0.4 is 15.5 Å². The van der Waals surface area contributed by atoms with Crippen LogP contribution >= 0.6 is 11.3 Å². The van der Waals surface area contributed by atoms with Crippen molar-refractivity contribution in [3.8, 4) is 0 Å². The number of amides is 3. The highest BCUT2D eigenvalue weighted by molar-refractivity contribution is 7.09. The van der Waals surface area contributed by atoms with Gasteiger partial charge in [0.25, 0.3) is 0 Å². The summed E-state index contributed by atoms with van der Waals surface area (Å²) in [5.74, 6) is -2.93. The third-order valence-corrected chi connectivity index (χ3v) is 8.15. The largest absolute Gasteiger partial charge is 0.356 e. The van der Waals surface area contributed by atoms with Gasteiger partial charge >= 0.3 is 0 Å². The number of nitrogens with one attached hydrogen (secondary N) is 2. The average Bonchev–Trinajstić information content (AvgIpc) is 3.55. The second-order valence-electron chi connectivity index (χ2n) is 11.2. The Kier molecular flexibility index (Phi) is 5.91. The zero-order chi connectivity index (χ0) is 26.8. The molecule has 0 aliphatic carbocycles. The molecule has 3 aliphatic rings. The van der Waals surface area contributed by atoms with E-state index in [4.69, 9.17) is 4.74 Å². The summed E-state index contributed by atoms with van der Waals surface area (Å²) in [6.45, 7) is 9.18. The lowest BCUT2D eigenvalue weighted by Gasteiger charge is -2.35. The molecule has 1 aromatic carbocycles. The molecule has 0 radical (unpaired) electrons. The van der Waals surface area contributed by atoms with Crippen molar-refractivity contribution in [3.05, 3.63) is 64.4 Å². The minimum Gasteiger partial charge on any atom is -0.356 e. The number of thiophene rings is 1. The molecule has 2 saturated heterocycles. The fraction of sp³-hybridized carbons (Fsp3) is 0.429. The molecule has 5 atom stereocenters. The minimum absolute atomic E-state index is 0.155. The normalized spacial score (nSPS) is 29.9. The van der Waals surface area contributed by atoms with Crippen molar-refractivity contribution in [2.75, 3.05) is 4.90 Å². The van der Waals surface area contributed by atoms with Gasteiger partial charge in [-0.3, -0.25) is 24.1 Å². The van der Waals surface area contributed by atoms with E-state index in [1.54, 1.807) is 43.3 Å². The SMILES string of the molecule is CC(=O)c1cccc(N2C(=O)[C@@H]3[C@@H](C(=O)NCc4cccs4)[C@@]4(C)C=C[C@@]3(O4)[C@@H]2C(=O)NC(C)(C)C)c1. The lowest BCUT2D eigenvalue weighted by atomic mass is 9.70. The number of Topliss-reactive ketones (excluding diaryl/α,β-unsaturated/α-hetero) is 1. The topological polar surface area (TPSA) is 105 Å². The van der Waals surface area contributed by atoms with Crippen LogP contribution in [0.4, 0.5) is 5.69 Å². The van der Waals surface area contributed by atoms with Gasteiger partial charge in [0.1, 0.15) is 11.6 Å². The molecule has 4 heterocycles. The molecule has 0 saturated carbocycles. The first kappa shape index (κ1) is 25.4. The average molecular weight is 522 g/mol. The first-order valence-electron chi connectivity index (χ1n) is 12.3. The molecule has 37 heavy (non-hydrogen) atoms. The van der Waals surface area contributed by atoms with Crippen molar-refractivity contribution < 1.29 is 23.9 Å². The molecule has 5 rings (SSSR count). The number of fused-ring (bicyclic) bond motifs is 1. The van der Waals surface area contributed by atoms with Crippen molar-refractivity contribution in [3.63, 3.8) is 0 Å². The molecule has 2 aromatic rings. The standard InChI is InChI=1S/C28H31N3O5S/c1-16(32)17-8-6-9-18(14-17)31-22(24(34)30-26(2,3)4)28-12-11-27(5,36-28)20(21(28)25(31)35)23(33)29-15-19-10-7-13-37-19/h6-14,20-22H,15H2,1-5H3,(H,29,33)(H,30,34)/t20-,21-,22-,27+,28-/m0/s1. The van der Waals surface area contributed by atoms with E-state index in [0.717, 1.165) is 4.88 Å². The molecule has 2 bridgehead atoms. The van der Waals surface area contributed by atoms with Crippen LogP contribution in [0.5, 0.6) is 0 Å². The van der Waals surface area contributed by atoms with E-state index < -0.39 is 34.6 Å². The zero-order valence-electron chi connectivity index (χ0n) is 21.5. The summed E-state index contributed by atoms with van der Waals surface area (Å²) in [4.78, 5) is 56.1. The maximum Gasteiger partial charge on any atom is 0.246 e. The Morgan fingerprint density at radius 2 is 1.86 bits per heavy atom. The van der Waals surface area contributed by atoms with Crippen LogP contribution in [0.1, 0.15) is 49.9 Å². The van der Waals surface area contributed by atoms with Gasteiger partial charge in [0, 0.05) is 21.7 Å². The summed E-state index contributed by atoms with van der Waals surface area (Å²) in [7, 11) is 0. The molecular weight excluding hydrogens is 490 g/mol. The van der Waals surface area contributed by atoms with Gasteiger partial charge in [-0.05, 0) is 58.2 Å². The van der Waals surface area contributed by atoms with Gasteiger partial charge in [0.15, 0.2) is 5.78 Å². The van der Waals surface area contributed by atoms with Gasteiger partial charge in [-0.15, -0.1) is 11.3 Å². The van der Waals surface area contributed by atoms with Crippen molar-refractivity contribution >= 4 is 40.5 Å². The van der Waals surface area contributed by atoms with Crippen LogP contribution in [0.3, 0.4) is 0 Å². The minimum atomic E-state index is -1.32. The Morgan fingerprint density at radius 1 is 1.11 bits per heavy atom. The molecule has 9 heteroatoms. The van der Waals surface area contributed by atoms with Gasteiger partial charge in [-0.1, -0.05) is 30.4 Å². The number of hydrogen-bond donors (Lipinski definition) is 2. The van der Waals surface area contributed by atoms with Crippen molar-refractivity contribution in [2.45, 2.75) is 63.9 Å². The Balaban J connectivity index is 1.57. The van der Waals surface area contributed by atoms with Crippen LogP contribution in [-0.2, 0) is 25.7 Å². The highest BCUT2D eigenvalue weighted by Gasteiger charge is 2.76. The summed E-state index contributed by atoms with van der Waals surface area (Å²) in [6, 6.07) is 9.45. The maximum absolute atomic E-state index is 14.2. The predicted octanol–water partition coefficient (Wildman–Crippen LogP) is 3.23. The number of nitrogens with zero attached hydrogens (tertiary/aromatic N) is 1. The van der Waals surface area contributed by atoms with E-state index >= 15 is 0 Å². The Labute approximate surface area is 220 Å². The summed E-state index contributed by atoms with van der Waals surface area (Å²) in [6.07, 6.45) is 3.58. The van der Waals surface area contributed by atoms with E-state index in [2.05, 4.69) is 10.6 Å². The van der Waals surface area contributed by atoms with Gasteiger partial charge in [-0.2, -0.15) is 0 Å². The molecule has 3 aliphatic heterocycles. The van der Waals surface area contributed by atoms with Gasteiger partial charge in [-0.25, -0.2) is 0 Å². The van der Waals surface area contributed by atoms with Crippen LogP contribution in [0.25, 0.3) is 0 Å². The van der Waals surface area contributed by atoms with E-state index in [0.29, 0.717) is 17.8 Å². The maximum atomic E-state index is 14.2. The fourth-order valence-electron chi connectivity index (χ4n) is 5.82. The van der Waals surface area contributed by atoms with Gasteiger partial charge in [0.05, 0.1) is 24.0 Å². The first-order valence-corrected chi connectivity index (χ1v) is 13.2. The van der Waals surface area contributed by atoms with Crippen LogP contribution in [0.15, 0.2) is 53.9 Å². The number of ketones is 1. The third kappa shape index (κ3) is 4.10. The van der Waals surface area contributed by atoms with E-state index in [-0.39, 0.29) is 23.5 Å². The van der Waals surface area contributed by atoms with Gasteiger partial charge in [0.2, 0.25) is 17.7 Å². The van der Waals surface area contributed by atoms with Gasteiger partial charge < -0.3 is 15.4 Å². The molecule has 194 valence electrons. The number of carbonyl (C=O) groups excluding carboxylic acids is 4. The molecule has 1 aromatic heterocycles. The van der Waals surface area contributed by atoms with E-state index in [1.165, 1.54) is 23.2 Å². The highest BCUT2D eigenvalue weighted by atomic mass is 32.1. The monoisotopic (exact) mass is 521 g/mol. The summed E-state index contributed by atoms with van der Waals surface area (Å²) in [5, 5.41) is 7.90. The molecular formula is C28H31N3O5S. The number of carbonyl (C=O) groups is 4. The molecule has 0 unspecified atom stereocenters. The summed E-state index contributed by atoms with van der Waals surface area (Å²) >= 11 is 1.54. The van der Waals surface area contributed by atoms with Crippen LogP contribution in [0.2, 0.25) is 0 Å². The molecule has 3 amide bonds. The smallest absolute Gasteiger partial charge is 0.246 e. The Morgan fingerprint density at radius 3 is 2.51 bits per heavy atom. The van der Waals surface area contributed by atoms with Crippen molar-refractivity contribution in [1.82, 2.24) is 10.6 Å². The van der Waals surface area contributed by atoms with Crippen LogP contribution in [-0.4, -0.2) is 46.3 Å². The van der Waals surface area contributed by atoms with Crippen molar-refractivity contribution in [1.29, 1.82) is 0 Å². The fourth-order valence-corrected chi connectivity index (χ4v) is 6.47. The number of hydrogen-bond acceptors (Lipinski definition) is 6. The second kappa shape index (κ2) is 8.63. The molecule has 2 fully saturated rings. The quantitative estimate of drug-likeness (QED) is 0.449. The Bertz CT molecular complexity index is 1310. The van der Waals surface area contributed by atoms with E-state index in [1.807, 2.05) is 38.3 Å². The number of anilines is 1. The number of benzene rings is 1. The highest BCUT2D eigenvalue weighted by Crippen LogP contribution is 2.60. The molecule has 8 nitrogen and oxygen atoms in total. The van der Waals surface area contributed by atoms with E-state index in [9.17, 15) is 19.2 Å².